The molecule has 1 unspecified atom stereocenters. The maximum atomic E-state index is 9.02. The van der Waals surface area contributed by atoms with Crippen molar-refractivity contribution in [2.75, 3.05) is 25.0 Å². The molecule has 0 bridgehead atoms. The van der Waals surface area contributed by atoms with Crippen LogP contribution in [-0.4, -0.2) is 30.8 Å². The van der Waals surface area contributed by atoms with Gasteiger partial charge >= 0.3 is 0 Å². The zero-order valence-electron chi connectivity index (χ0n) is 9.40. The minimum atomic E-state index is -0.327. The van der Waals surface area contributed by atoms with E-state index in [9.17, 15) is 0 Å². The van der Waals surface area contributed by atoms with E-state index < -0.39 is 0 Å². The van der Waals surface area contributed by atoms with Gasteiger partial charge in [-0.1, -0.05) is 12.1 Å². The standard InChI is InChI=1S/C12H17N3O/c1-10(16)9-14-6-7-15-12-5-3-2-4-11(12)8-13/h2-5,10,14-16H,6-7,9H2,1H3. The molecule has 1 aromatic rings. The number of hydrogen-bond acceptors (Lipinski definition) is 4. The molecule has 3 N–H and O–H groups in total. The molecule has 0 amide bonds. The van der Waals surface area contributed by atoms with Crippen LogP contribution in [-0.2, 0) is 0 Å². The normalized spacial score (nSPS) is 11.8. The molecule has 0 aliphatic carbocycles. The summed E-state index contributed by atoms with van der Waals surface area (Å²) in [5.41, 5.74) is 1.50. The second kappa shape index (κ2) is 6.83. The highest BCUT2D eigenvalue weighted by atomic mass is 16.3. The first-order valence-electron chi connectivity index (χ1n) is 5.36. The van der Waals surface area contributed by atoms with E-state index in [1.54, 1.807) is 13.0 Å². The molecule has 1 rings (SSSR count). The highest BCUT2D eigenvalue weighted by molar-refractivity contribution is 5.57. The van der Waals surface area contributed by atoms with Crippen molar-refractivity contribution < 1.29 is 5.11 Å². The average Bonchev–Trinajstić information content (AvgIpc) is 2.29. The summed E-state index contributed by atoms with van der Waals surface area (Å²) in [4.78, 5) is 0. The summed E-state index contributed by atoms with van der Waals surface area (Å²) in [6.07, 6.45) is -0.327. The molecular formula is C12H17N3O. The van der Waals surface area contributed by atoms with Gasteiger partial charge in [0, 0.05) is 19.6 Å². The number of anilines is 1. The van der Waals surface area contributed by atoms with Gasteiger partial charge < -0.3 is 15.7 Å². The molecule has 0 fully saturated rings. The lowest BCUT2D eigenvalue weighted by Gasteiger charge is -2.09. The zero-order chi connectivity index (χ0) is 11.8. The van der Waals surface area contributed by atoms with Crippen LogP contribution in [0, 0.1) is 11.3 Å². The van der Waals surface area contributed by atoms with Crippen molar-refractivity contribution in [3.63, 3.8) is 0 Å². The second-order valence-corrected chi connectivity index (χ2v) is 3.64. The minimum Gasteiger partial charge on any atom is -0.392 e. The molecular weight excluding hydrogens is 202 g/mol. The van der Waals surface area contributed by atoms with Gasteiger partial charge in [0.15, 0.2) is 0 Å². The van der Waals surface area contributed by atoms with E-state index in [2.05, 4.69) is 16.7 Å². The van der Waals surface area contributed by atoms with E-state index in [1.807, 2.05) is 18.2 Å². The van der Waals surface area contributed by atoms with Gasteiger partial charge in [-0.3, -0.25) is 0 Å². The first-order valence-corrected chi connectivity index (χ1v) is 5.36. The monoisotopic (exact) mass is 219 g/mol. The van der Waals surface area contributed by atoms with Crippen LogP contribution in [0.5, 0.6) is 0 Å². The summed E-state index contributed by atoms with van der Waals surface area (Å²) in [6.45, 7) is 3.81. The number of benzene rings is 1. The van der Waals surface area contributed by atoms with Gasteiger partial charge in [0.05, 0.1) is 17.4 Å². The number of rotatable bonds is 6. The number of para-hydroxylation sites is 1. The van der Waals surface area contributed by atoms with Crippen molar-refractivity contribution in [2.45, 2.75) is 13.0 Å². The number of aliphatic hydroxyl groups excluding tert-OH is 1. The Kier molecular flexibility index (Phi) is 5.34. The SMILES string of the molecule is CC(O)CNCCNc1ccccc1C#N. The van der Waals surface area contributed by atoms with Crippen molar-refractivity contribution in [1.29, 1.82) is 5.26 Å². The molecule has 86 valence electrons. The highest BCUT2D eigenvalue weighted by Gasteiger charge is 1.99. The highest BCUT2D eigenvalue weighted by Crippen LogP contribution is 2.12. The lowest BCUT2D eigenvalue weighted by atomic mass is 10.2. The molecule has 0 aromatic heterocycles. The number of nitrogens with zero attached hydrogens (tertiary/aromatic N) is 1. The Morgan fingerprint density at radius 2 is 2.12 bits per heavy atom. The van der Waals surface area contributed by atoms with E-state index in [0.717, 1.165) is 18.8 Å². The van der Waals surface area contributed by atoms with Crippen molar-refractivity contribution >= 4 is 5.69 Å². The fraction of sp³-hybridized carbons (Fsp3) is 0.417. The average molecular weight is 219 g/mol. The Hall–Kier alpha value is -1.57. The summed E-state index contributed by atoms with van der Waals surface area (Å²) in [6, 6.07) is 9.54. The minimum absolute atomic E-state index is 0.327. The van der Waals surface area contributed by atoms with Gasteiger partial charge in [0.1, 0.15) is 6.07 Å². The molecule has 0 aliphatic heterocycles. The van der Waals surface area contributed by atoms with Crippen LogP contribution < -0.4 is 10.6 Å². The molecule has 0 heterocycles. The maximum Gasteiger partial charge on any atom is 0.101 e. The molecule has 4 heteroatoms. The fourth-order valence-corrected chi connectivity index (χ4v) is 1.33. The van der Waals surface area contributed by atoms with Crippen LogP contribution in [0.1, 0.15) is 12.5 Å². The van der Waals surface area contributed by atoms with Crippen LogP contribution in [0.15, 0.2) is 24.3 Å². The van der Waals surface area contributed by atoms with Crippen molar-refractivity contribution in [1.82, 2.24) is 5.32 Å². The number of nitriles is 1. The van der Waals surface area contributed by atoms with E-state index in [1.165, 1.54) is 0 Å². The molecule has 0 radical (unpaired) electrons. The van der Waals surface area contributed by atoms with Crippen LogP contribution in [0.25, 0.3) is 0 Å². The first-order chi connectivity index (χ1) is 7.74. The number of hydrogen-bond donors (Lipinski definition) is 3. The van der Waals surface area contributed by atoms with Crippen LogP contribution >= 0.6 is 0 Å². The van der Waals surface area contributed by atoms with Crippen LogP contribution in [0.3, 0.4) is 0 Å². The Morgan fingerprint density at radius 3 is 2.81 bits per heavy atom. The molecule has 16 heavy (non-hydrogen) atoms. The Labute approximate surface area is 95.9 Å². The predicted molar refractivity (Wildman–Crippen MR) is 64.2 cm³/mol. The molecule has 4 nitrogen and oxygen atoms in total. The maximum absolute atomic E-state index is 9.02. The van der Waals surface area contributed by atoms with Gasteiger partial charge in [-0.15, -0.1) is 0 Å². The zero-order valence-corrected chi connectivity index (χ0v) is 9.40. The summed E-state index contributed by atoms with van der Waals surface area (Å²) in [5.74, 6) is 0. The molecule has 0 spiro atoms. The second-order valence-electron chi connectivity index (χ2n) is 3.64. The van der Waals surface area contributed by atoms with Crippen molar-refractivity contribution in [3.05, 3.63) is 29.8 Å². The smallest absolute Gasteiger partial charge is 0.101 e. The van der Waals surface area contributed by atoms with Gasteiger partial charge in [-0.25, -0.2) is 0 Å². The first kappa shape index (κ1) is 12.5. The summed E-state index contributed by atoms with van der Waals surface area (Å²) in [5, 5.41) is 24.1. The van der Waals surface area contributed by atoms with Crippen molar-refractivity contribution in [3.8, 4) is 6.07 Å². The van der Waals surface area contributed by atoms with Crippen molar-refractivity contribution in [2.24, 2.45) is 0 Å². The third-order valence-electron chi connectivity index (χ3n) is 2.10. The third kappa shape index (κ3) is 4.30. The van der Waals surface area contributed by atoms with E-state index >= 15 is 0 Å². The summed E-state index contributed by atoms with van der Waals surface area (Å²) < 4.78 is 0. The number of nitrogens with one attached hydrogen (secondary N) is 2. The topological polar surface area (TPSA) is 68.1 Å². The molecule has 0 aliphatic rings. The largest absolute Gasteiger partial charge is 0.392 e. The predicted octanol–water partition coefficient (Wildman–Crippen LogP) is 0.941. The third-order valence-corrected chi connectivity index (χ3v) is 2.10. The molecule has 0 saturated heterocycles. The Morgan fingerprint density at radius 1 is 1.38 bits per heavy atom. The van der Waals surface area contributed by atoms with Gasteiger partial charge in [0.2, 0.25) is 0 Å². The van der Waals surface area contributed by atoms with E-state index in [0.29, 0.717) is 12.1 Å². The Balaban J connectivity index is 2.30. The van der Waals surface area contributed by atoms with E-state index in [-0.39, 0.29) is 6.10 Å². The number of aliphatic hydroxyl groups is 1. The quantitative estimate of drug-likeness (QED) is 0.623. The van der Waals surface area contributed by atoms with Gasteiger partial charge in [0.25, 0.3) is 0 Å². The lowest BCUT2D eigenvalue weighted by Crippen LogP contribution is -2.29. The van der Waals surface area contributed by atoms with Crippen LogP contribution in [0.2, 0.25) is 0 Å². The fourth-order valence-electron chi connectivity index (χ4n) is 1.33. The summed E-state index contributed by atoms with van der Waals surface area (Å²) in [7, 11) is 0. The van der Waals surface area contributed by atoms with Gasteiger partial charge in [-0.2, -0.15) is 5.26 Å². The Bertz CT molecular complexity index is 358. The molecule has 1 atom stereocenters. The van der Waals surface area contributed by atoms with Crippen LogP contribution in [0.4, 0.5) is 5.69 Å². The summed E-state index contributed by atoms with van der Waals surface area (Å²) >= 11 is 0. The molecule has 1 aromatic carbocycles. The molecule has 0 saturated carbocycles. The van der Waals surface area contributed by atoms with Gasteiger partial charge in [-0.05, 0) is 19.1 Å². The van der Waals surface area contributed by atoms with E-state index in [4.69, 9.17) is 10.4 Å². The lowest BCUT2D eigenvalue weighted by molar-refractivity contribution is 0.192.